The highest BCUT2D eigenvalue weighted by Crippen LogP contribution is 2.32. The molecule has 0 saturated heterocycles. The van der Waals surface area contributed by atoms with Gasteiger partial charge in [0.05, 0.1) is 0 Å². The molecule has 0 amide bonds. The molecular formula is C30H38I2OS. The van der Waals surface area contributed by atoms with Gasteiger partial charge in [-0.1, -0.05) is 30.3 Å². The monoisotopic (exact) mass is 700 g/mol. The van der Waals surface area contributed by atoms with Gasteiger partial charge in [-0.3, -0.25) is 4.79 Å². The van der Waals surface area contributed by atoms with Crippen molar-refractivity contribution in [3.8, 4) is 0 Å². The lowest BCUT2D eigenvalue weighted by Gasteiger charge is -2.17. The molecule has 1 nitrogen and oxygen atoms in total. The topological polar surface area (TPSA) is 17.1 Å². The number of rotatable bonds is 3. The molecule has 0 unspecified atom stereocenters. The zero-order chi connectivity index (χ0) is 26.3. The van der Waals surface area contributed by atoms with Crippen molar-refractivity contribution < 1.29 is 4.79 Å². The van der Waals surface area contributed by atoms with E-state index in [-0.39, 0.29) is 5.78 Å². The van der Waals surface area contributed by atoms with Crippen LogP contribution in [0.3, 0.4) is 0 Å². The van der Waals surface area contributed by atoms with Crippen molar-refractivity contribution in [1.29, 1.82) is 0 Å². The highest BCUT2D eigenvalue weighted by Gasteiger charge is 2.19. The zero-order valence-electron chi connectivity index (χ0n) is 22.5. The van der Waals surface area contributed by atoms with E-state index in [4.69, 9.17) is 0 Å². The van der Waals surface area contributed by atoms with Crippen molar-refractivity contribution in [2.24, 2.45) is 0 Å². The maximum Gasteiger partial charge on any atom is 0.193 e. The number of carbonyl (C=O) groups is 1. The number of ketones is 1. The SMILES string of the molecule is CSc1c(C)c(C)c(C)c(C)c1C.Cc1c(C)c(C)c(C(=O)c2ccccc2)c(C)c1C.II. The van der Waals surface area contributed by atoms with Crippen LogP contribution in [-0.4, -0.2) is 12.0 Å². The van der Waals surface area contributed by atoms with Crippen LogP contribution in [0.2, 0.25) is 0 Å². The summed E-state index contributed by atoms with van der Waals surface area (Å²) in [5, 5.41) is 0. The molecule has 184 valence electrons. The molecule has 34 heavy (non-hydrogen) atoms. The maximum atomic E-state index is 12.7. The van der Waals surface area contributed by atoms with E-state index in [1.54, 1.807) is 0 Å². The molecule has 3 aromatic carbocycles. The maximum absolute atomic E-state index is 12.7. The van der Waals surface area contributed by atoms with Crippen LogP contribution < -0.4 is 0 Å². The molecule has 0 fully saturated rings. The average Bonchev–Trinajstić information content (AvgIpc) is 2.86. The van der Waals surface area contributed by atoms with Crippen LogP contribution in [0.1, 0.15) is 71.6 Å². The third-order valence-electron chi connectivity index (χ3n) is 7.40. The fourth-order valence-corrected chi connectivity index (χ4v) is 5.26. The van der Waals surface area contributed by atoms with Crippen LogP contribution in [-0.2, 0) is 0 Å². The van der Waals surface area contributed by atoms with Gasteiger partial charge < -0.3 is 0 Å². The molecule has 0 spiro atoms. The molecule has 0 bridgehead atoms. The molecule has 4 heteroatoms. The predicted octanol–water partition coefficient (Wildman–Crippen LogP) is 10.2. The van der Waals surface area contributed by atoms with Crippen molar-refractivity contribution >= 4 is 54.8 Å². The van der Waals surface area contributed by atoms with Gasteiger partial charge in [0.25, 0.3) is 0 Å². The Labute approximate surface area is 235 Å². The van der Waals surface area contributed by atoms with E-state index in [9.17, 15) is 4.79 Å². The predicted molar refractivity (Wildman–Crippen MR) is 170 cm³/mol. The highest BCUT2D eigenvalue weighted by molar-refractivity contribution is 15.0. The summed E-state index contributed by atoms with van der Waals surface area (Å²) in [5.74, 6) is 0.127. The van der Waals surface area contributed by atoms with Crippen LogP contribution in [0.25, 0.3) is 0 Å². The normalized spacial score (nSPS) is 10.1. The van der Waals surface area contributed by atoms with Crippen LogP contribution in [0.5, 0.6) is 0 Å². The lowest BCUT2D eigenvalue weighted by atomic mass is 9.86. The van der Waals surface area contributed by atoms with Gasteiger partial charge in [0.1, 0.15) is 0 Å². The highest BCUT2D eigenvalue weighted by atomic mass is 128. The van der Waals surface area contributed by atoms with E-state index in [1.807, 2.05) is 55.9 Å². The fourth-order valence-electron chi connectivity index (χ4n) is 4.35. The quantitative estimate of drug-likeness (QED) is 0.154. The number of hydrogen-bond acceptors (Lipinski definition) is 2. The van der Waals surface area contributed by atoms with Crippen molar-refractivity contribution in [1.82, 2.24) is 0 Å². The number of halogens is 2. The molecule has 3 rings (SSSR count). The van der Waals surface area contributed by atoms with Gasteiger partial charge in [0, 0.05) is 53.3 Å². The number of hydrogen-bond donors (Lipinski definition) is 0. The number of benzene rings is 3. The summed E-state index contributed by atoms with van der Waals surface area (Å²) in [5.41, 5.74) is 14.8. The smallest absolute Gasteiger partial charge is 0.193 e. The Kier molecular flexibility index (Phi) is 12.9. The van der Waals surface area contributed by atoms with Crippen LogP contribution in [0, 0.1) is 69.2 Å². The molecule has 0 aliphatic carbocycles. The zero-order valence-corrected chi connectivity index (χ0v) is 27.6. The van der Waals surface area contributed by atoms with E-state index in [0.29, 0.717) is 0 Å². The summed E-state index contributed by atoms with van der Waals surface area (Å²) in [6.45, 7) is 21.5. The lowest BCUT2D eigenvalue weighted by molar-refractivity contribution is 0.103. The Balaban J connectivity index is 0.000000337. The summed E-state index contributed by atoms with van der Waals surface area (Å²) < 4.78 is 0. The molecule has 0 atom stereocenters. The molecule has 0 radical (unpaired) electrons. The summed E-state index contributed by atoms with van der Waals surface area (Å²) >= 11 is 6.10. The Morgan fingerprint density at radius 2 is 0.882 bits per heavy atom. The van der Waals surface area contributed by atoms with E-state index >= 15 is 0 Å². The van der Waals surface area contributed by atoms with Crippen LogP contribution in [0.4, 0.5) is 0 Å². The van der Waals surface area contributed by atoms with Crippen LogP contribution >= 0.6 is 49.0 Å². The standard InChI is InChI=1S/C18H20O.C12H18S.I2/c1-11-12(2)14(4)17(15(5)13(11)3)18(19)16-9-7-6-8-10-16;1-7-8(2)10(4)12(13-6)11(5)9(7)3;1-2/h6-10H,1-5H3;1-6H3;. The third-order valence-corrected chi connectivity index (χ3v) is 8.42. The molecule has 0 aliphatic heterocycles. The summed E-state index contributed by atoms with van der Waals surface area (Å²) in [6.07, 6.45) is 2.16. The van der Waals surface area contributed by atoms with Gasteiger partial charge in [-0.05, 0) is 131 Å². The minimum absolute atomic E-state index is 0.127. The molecule has 0 N–H and O–H groups in total. The Morgan fingerprint density at radius 1 is 0.559 bits per heavy atom. The first kappa shape index (κ1) is 31.2. The molecule has 0 heterocycles. The minimum Gasteiger partial charge on any atom is -0.289 e. The lowest BCUT2D eigenvalue weighted by Crippen LogP contribution is -2.10. The van der Waals surface area contributed by atoms with Crippen LogP contribution in [0.15, 0.2) is 35.2 Å². The summed E-state index contributed by atoms with van der Waals surface area (Å²) in [6, 6.07) is 9.51. The number of carbonyl (C=O) groups excluding carboxylic acids is 1. The Bertz CT molecular complexity index is 1110. The Morgan fingerprint density at radius 3 is 1.24 bits per heavy atom. The van der Waals surface area contributed by atoms with E-state index in [1.165, 1.54) is 49.4 Å². The number of thioether (sulfide) groups is 1. The first-order valence-electron chi connectivity index (χ1n) is 11.4. The Hall–Kier alpha value is -0.860. The first-order chi connectivity index (χ1) is 15.9. The summed E-state index contributed by atoms with van der Waals surface area (Å²) in [4.78, 5) is 14.2. The largest absolute Gasteiger partial charge is 0.289 e. The second-order valence-electron chi connectivity index (χ2n) is 8.85. The second-order valence-corrected chi connectivity index (χ2v) is 9.67. The molecule has 0 saturated carbocycles. The molecule has 0 aliphatic rings. The van der Waals surface area contributed by atoms with Crippen molar-refractivity contribution in [3.05, 3.63) is 97.1 Å². The minimum atomic E-state index is 0.127. The first-order valence-corrected chi connectivity index (χ1v) is 18.9. The van der Waals surface area contributed by atoms with Gasteiger partial charge in [-0.2, -0.15) is 0 Å². The van der Waals surface area contributed by atoms with E-state index in [0.717, 1.165) is 22.3 Å². The van der Waals surface area contributed by atoms with Gasteiger partial charge in [0.15, 0.2) is 5.78 Å². The van der Waals surface area contributed by atoms with Gasteiger partial charge in [0.2, 0.25) is 0 Å². The van der Waals surface area contributed by atoms with Crippen molar-refractivity contribution in [2.75, 3.05) is 6.26 Å². The van der Waals surface area contributed by atoms with Gasteiger partial charge in [-0.15, -0.1) is 11.8 Å². The molecule has 3 aromatic rings. The third kappa shape index (κ3) is 6.67. The fraction of sp³-hybridized carbons (Fsp3) is 0.367. The second kappa shape index (κ2) is 14.0. The van der Waals surface area contributed by atoms with Gasteiger partial charge in [-0.25, -0.2) is 0 Å². The molecular weight excluding hydrogens is 662 g/mol. The molecule has 0 aromatic heterocycles. The average molecular weight is 701 g/mol. The van der Waals surface area contributed by atoms with E-state index < -0.39 is 0 Å². The van der Waals surface area contributed by atoms with Gasteiger partial charge >= 0.3 is 0 Å². The summed E-state index contributed by atoms with van der Waals surface area (Å²) in [7, 11) is 0. The van der Waals surface area contributed by atoms with E-state index in [2.05, 4.69) is 98.9 Å². The van der Waals surface area contributed by atoms with Crippen molar-refractivity contribution in [3.63, 3.8) is 0 Å². The van der Waals surface area contributed by atoms with Crippen molar-refractivity contribution in [2.45, 2.75) is 74.1 Å².